The highest BCUT2D eigenvalue weighted by Crippen LogP contribution is 2.30. The van der Waals surface area contributed by atoms with E-state index in [0.717, 1.165) is 42.6 Å². The lowest BCUT2D eigenvalue weighted by Crippen LogP contribution is -2.47. The lowest BCUT2D eigenvalue weighted by molar-refractivity contribution is -0.132. The van der Waals surface area contributed by atoms with Gasteiger partial charge in [0.2, 0.25) is 11.1 Å². The first-order chi connectivity index (χ1) is 15.7. The molecule has 1 amide bonds. The topological polar surface area (TPSA) is 120 Å². The van der Waals surface area contributed by atoms with Crippen LogP contribution in [-0.4, -0.2) is 63.4 Å². The van der Waals surface area contributed by atoms with Crippen LogP contribution in [0.15, 0.2) is 23.4 Å². The van der Waals surface area contributed by atoms with E-state index in [0.29, 0.717) is 17.4 Å². The monoisotopic (exact) mass is 493 g/mol. The fraction of sp³-hybridized carbons (Fsp3) is 0.591. The summed E-state index contributed by atoms with van der Waals surface area (Å²) in [6.07, 6.45) is 4.52. The molecule has 4 rings (SSSR count). The van der Waals surface area contributed by atoms with Crippen molar-refractivity contribution in [2.45, 2.75) is 69.8 Å². The van der Waals surface area contributed by atoms with Gasteiger partial charge in [-0.3, -0.25) is 4.79 Å². The second-order valence-electron chi connectivity index (χ2n) is 8.97. The predicted octanol–water partition coefficient (Wildman–Crippen LogP) is 2.24. The molecule has 1 saturated heterocycles. The number of rotatable bonds is 8. The first kappa shape index (κ1) is 23.9. The van der Waals surface area contributed by atoms with Gasteiger partial charge in [-0.1, -0.05) is 30.7 Å². The number of carbonyl (C=O) groups excluding carboxylic acids is 1. The molecule has 1 aliphatic carbocycles. The van der Waals surface area contributed by atoms with Crippen molar-refractivity contribution in [2.75, 3.05) is 23.1 Å². The second kappa shape index (κ2) is 9.92. The summed E-state index contributed by atoms with van der Waals surface area (Å²) in [6, 6.07) is 5.84. The molecule has 1 unspecified atom stereocenters. The van der Waals surface area contributed by atoms with Crippen LogP contribution in [0, 0.1) is 13.8 Å². The molecular formula is C22H31N5O4S2. The molecule has 1 atom stereocenters. The summed E-state index contributed by atoms with van der Waals surface area (Å²) in [6.45, 7) is 4.18. The second-order valence-corrected chi connectivity index (χ2v) is 12.1. The van der Waals surface area contributed by atoms with Crippen molar-refractivity contribution in [2.24, 2.45) is 0 Å². The van der Waals surface area contributed by atoms with E-state index in [-0.39, 0.29) is 41.9 Å². The number of benzene rings is 1. The van der Waals surface area contributed by atoms with Gasteiger partial charge in [0.1, 0.15) is 12.4 Å². The zero-order valence-corrected chi connectivity index (χ0v) is 20.7. The Kier molecular flexibility index (Phi) is 7.18. The Hall–Kier alpha value is -2.27. The number of ether oxygens (including phenoxy) is 1. The number of sulfone groups is 1. The van der Waals surface area contributed by atoms with Gasteiger partial charge in [0, 0.05) is 12.1 Å². The molecule has 2 aromatic rings. The van der Waals surface area contributed by atoms with Crippen molar-refractivity contribution >= 4 is 27.5 Å². The molecule has 2 N–H and O–H groups in total. The van der Waals surface area contributed by atoms with Crippen molar-refractivity contribution in [3.63, 3.8) is 0 Å². The highest BCUT2D eigenvalue weighted by molar-refractivity contribution is 7.99. The van der Waals surface area contributed by atoms with Gasteiger partial charge in [0.05, 0.1) is 17.3 Å². The van der Waals surface area contributed by atoms with Crippen molar-refractivity contribution < 1.29 is 17.9 Å². The summed E-state index contributed by atoms with van der Waals surface area (Å²) in [5.74, 6) is 7.64. The molecule has 9 nitrogen and oxygen atoms in total. The van der Waals surface area contributed by atoms with Crippen LogP contribution in [0.4, 0.5) is 0 Å². The Labute approximate surface area is 199 Å². The minimum absolute atomic E-state index is 0.0624. The Morgan fingerprint density at radius 3 is 2.48 bits per heavy atom. The lowest BCUT2D eigenvalue weighted by atomic mass is 10.1. The van der Waals surface area contributed by atoms with Crippen molar-refractivity contribution in [1.82, 2.24) is 19.8 Å². The van der Waals surface area contributed by atoms with Crippen molar-refractivity contribution in [3.05, 3.63) is 35.2 Å². The normalized spacial score (nSPS) is 20.2. The molecule has 1 saturated carbocycles. The minimum Gasteiger partial charge on any atom is -0.486 e. The maximum absolute atomic E-state index is 13.2. The number of thioether (sulfide) groups is 1. The van der Waals surface area contributed by atoms with E-state index in [1.165, 1.54) is 16.4 Å². The van der Waals surface area contributed by atoms with Gasteiger partial charge < -0.3 is 15.5 Å². The van der Waals surface area contributed by atoms with Gasteiger partial charge in [-0.15, -0.1) is 10.2 Å². The Balaban J connectivity index is 1.38. The summed E-state index contributed by atoms with van der Waals surface area (Å²) in [5.41, 5.74) is 2.21. The molecule has 0 spiro atoms. The molecule has 180 valence electrons. The summed E-state index contributed by atoms with van der Waals surface area (Å²) in [7, 11) is -3.07. The van der Waals surface area contributed by atoms with Crippen LogP contribution in [0.1, 0.15) is 49.1 Å². The molecule has 2 heterocycles. The number of carbonyl (C=O) groups is 1. The predicted molar refractivity (Wildman–Crippen MR) is 127 cm³/mol. The third-order valence-electron chi connectivity index (χ3n) is 6.23. The Bertz CT molecular complexity index is 1090. The Morgan fingerprint density at radius 1 is 1.15 bits per heavy atom. The molecule has 2 fully saturated rings. The van der Waals surface area contributed by atoms with E-state index in [4.69, 9.17) is 10.6 Å². The van der Waals surface area contributed by atoms with Gasteiger partial charge in [0.25, 0.3) is 0 Å². The number of amides is 1. The number of hydrogen-bond acceptors (Lipinski definition) is 8. The first-order valence-electron chi connectivity index (χ1n) is 11.3. The average Bonchev–Trinajstić information content (AvgIpc) is 3.46. The Morgan fingerprint density at radius 2 is 1.85 bits per heavy atom. The van der Waals surface area contributed by atoms with Crippen molar-refractivity contribution in [1.29, 1.82) is 0 Å². The van der Waals surface area contributed by atoms with Crippen LogP contribution in [0.25, 0.3) is 0 Å². The van der Waals surface area contributed by atoms with Gasteiger partial charge in [-0.2, -0.15) is 0 Å². The van der Waals surface area contributed by atoms with Crippen LogP contribution >= 0.6 is 11.8 Å². The molecule has 0 radical (unpaired) electrons. The molecule has 0 bridgehead atoms. The van der Waals surface area contributed by atoms with Gasteiger partial charge in [-0.25, -0.2) is 13.1 Å². The number of nitrogens with zero attached hydrogens (tertiary/aromatic N) is 4. The zero-order valence-electron chi connectivity index (χ0n) is 19.1. The number of aryl methyl sites for hydroxylation is 2. The highest BCUT2D eigenvalue weighted by atomic mass is 32.2. The number of nitrogen functional groups attached to an aromatic ring is 1. The molecule has 1 aromatic heterocycles. The van der Waals surface area contributed by atoms with E-state index >= 15 is 0 Å². The molecular weight excluding hydrogens is 462 g/mol. The van der Waals surface area contributed by atoms with E-state index in [1.807, 2.05) is 30.9 Å². The molecule has 33 heavy (non-hydrogen) atoms. The molecule has 2 aliphatic rings. The fourth-order valence-corrected chi connectivity index (χ4v) is 7.21. The first-order valence-corrected chi connectivity index (χ1v) is 14.1. The number of nitrogens with two attached hydrogens (primary N) is 1. The van der Waals surface area contributed by atoms with Gasteiger partial charge in [0.15, 0.2) is 15.7 Å². The third kappa shape index (κ3) is 5.81. The van der Waals surface area contributed by atoms with Crippen LogP contribution in [0.5, 0.6) is 5.75 Å². The smallest absolute Gasteiger partial charge is 0.233 e. The van der Waals surface area contributed by atoms with Crippen LogP contribution in [0.3, 0.4) is 0 Å². The van der Waals surface area contributed by atoms with Crippen molar-refractivity contribution in [3.8, 4) is 5.75 Å². The van der Waals surface area contributed by atoms with E-state index in [9.17, 15) is 13.2 Å². The number of aromatic nitrogens is 3. The van der Waals surface area contributed by atoms with E-state index in [1.54, 1.807) is 0 Å². The summed E-state index contributed by atoms with van der Waals surface area (Å²) >= 11 is 1.22. The molecule has 11 heteroatoms. The van der Waals surface area contributed by atoms with E-state index < -0.39 is 9.84 Å². The SMILES string of the molecule is Cc1cc(C)cc(OCc2nnc(SCC(=O)N(C3CCCC3)C3CCS(=O)(=O)C3)n2N)c1. The quantitative estimate of drug-likeness (QED) is 0.439. The fourth-order valence-electron chi connectivity index (χ4n) is 4.75. The molecule has 1 aromatic carbocycles. The van der Waals surface area contributed by atoms with Crippen LogP contribution in [0.2, 0.25) is 0 Å². The third-order valence-corrected chi connectivity index (χ3v) is 8.91. The van der Waals surface area contributed by atoms with Gasteiger partial charge >= 0.3 is 0 Å². The standard InChI is InChI=1S/C22H31N5O4S2/c1-15-9-16(2)11-19(10-15)31-12-20-24-25-22(27(20)23)32-13-21(28)26(17-5-3-4-6-17)18-7-8-33(29,30)14-18/h9-11,17-18H,3-8,12-14,23H2,1-2H3. The molecule has 1 aliphatic heterocycles. The maximum atomic E-state index is 13.2. The van der Waals surface area contributed by atoms with Crippen LogP contribution in [-0.2, 0) is 21.2 Å². The maximum Gasteiger partial charge on any atom is 0.233 e. The summed E-state index contributed by atoms with van der Waals surface area (Å²) in [4.78, 5) is 15.0. The highest BCUT2D eigenvalue weighted by Gasteiger charge is 2.39. The zero-order chi connectivity index (χ0) is 23.6. The van der Waals surface area contributed by atoms with E-state index in [2.05, 4.69) is 16.3 Å². The van der Waals surface area contributed by atoms with Crippen LogP contribution < -0.4 is 10.6 Å². The van der Waals surface area contributed by atoms with Gasteiger partial charge in [-0.05, 0) is 56.4 Å². The summed E-state index contributed by atoms with van der Waals surface area (Å²) in [5, 5.41) is 8.65. The average molecular weight is 494 g/mol. The largest absolute Gasteiger partial charge is 0.486 e. The summed E-state index contributed by atoms with van der Waals surface area (Å²) < 4.78 is 31.2. The minimum atomic E-state index is -3.07. The lowest BCUT2D eigenvalue weighted by Gasteiger charge is -2.34. The number of hydrogen-bond donors (Lipinski definition) is 1.